The number of nitrogens with two attached hydrogens (primary N) is 1. The zero-order chi connectivity index (χ0) is 12.5. The molecule has 1 aromatic heterocycles. The highest BCUT2D eigenvalue weighted by atomic mass is 15.3. The van der Waals surface area contributed by atoms with Crippen LogP contribution in [0, 0.1) is 0 Å². The SMILES string of the molecule is Bc1ccc2c(N)n(Cc3ccccc3)nc2c1. The van der Waals surface area contributed by atoms with Gasteiger partial charge in [-0.05, 0) is 17.7 Å². The molecule has 0 atom stereocenters. The van der Waals surface area contributed by atoms with Gasteiger partial charge in [0.25, 0.3) is 0 Å². The van der Waals surface area contributed by atoms with Crippen molar-refractivity contribution >= 4 is 30.0 Å². The highest BCUT2D eigenvalue weighted by molar-refractivity contribution is 6.33. The molecular weight excluding hydrogens is 221 g/mol. The Morgan fingerprint density at radius 2 is 1.89 bits per heavy atom. The van der Waals surface area contributed by atoms with E-state index in [-0.39, 0.29) is 0 Å². The van der Waals surface area contributed by atoms with E-state index in [0.29, 0.717) is 6.54 Å². The lowest BCUT2D eigenvalue weighted by molar-refractivity contribution is 0.706. The third-order valence-electron chi connectivity index (χ3n) is 3.11. The summed E-state index contributed by atoms with van der Waals surface area (Å²) in [6, 6.07) is 16.4. The van der Waals surface area contributed by atoms with Gasteiger partial charge in [-0.15, -0.1) is 0 Å². The Morgan fingerprint density at radius 3 is 2.67 bits per heavy atom. The summed E-state index contributed by atoms with van der Waals surface area (Å²) in [6.45, 7) is 0.709. The minimum Gasteiger partial charge on any atom is -0.383 e. The molecule has 3 rings (SSSR count). The van der Waals surface area contributed by atoms with Gasteiger partial charge in [0.2, 0.25) is 0 Å². The van der Waals surface area contributed by atoms with Crippen molar-refractivity contribution in [1.82, 2.24) is 9.78 Å². The lowest BCUT2D eigenvalue weighted by Crippen LogP contribution is -2.05. The van der Waals surface area contributed by atoms with Crippen LogP contribution in [0.4, 0.5) is 5.82 Å². The maximum absolute atomic E-state index is 6.14. The smallest absolute Gasteiger partial charge is 0.139 e. The topological polar surface area (TPSA) is 43.8 Å². The number of nitrogens with zero attached hydrogens (tertiary/aromatic N) is 2. The number of hydrogen-bond acceptors (Lipinski definition) is 2. The molecule has 88 valence electrons. The number of fused-ring (bicyclic) bond motifs is 1. The second-order valence-electron chi connectivity index (χ2n) is 4.55. The van der Waals surface area contributed by atoms with Crippen molar-refractivity contribution < 1.29 is 0 Å². The number of nitrogen functional groups attached to an aromatic ring is 1. The van der Waals surface area contributed by atoms with Gasteiger partial charge in [0.05, 0.1) is 12.1 Å². The van der Waals surface area contributed by atoms with Crippen LogP contribution in [-0.4, -0.2) is 17.6 Å². The summed E-state index contributed by atoms with van der Waals surface area (Å²) in [6.07, 6.45) is 0. The van der Waals surface area contributed by atoms with Crippen LogP contribution in [-0.2, 0) is 6.54 Å². The minimum atomic E-state index is 0.709. The summed E-state index contributed by atoms with van der Waals surface area (Å²) in [5.74, 6) is 0.730. The number of benzene rings is 2. The van der Waals surface area contributed by atoms with Crippen LogP contribution in [0.2, 0.25) is 0 Å². The first-order valence-electron chi connectivity index (χ1n) is 6.00. The van der Waals surface area contributed by atoms with Gasteiger partial charge in [-0.3, -0.25) is 0 Å². The number of aromatic nitrogens is 2. The van der Waals surface area contributed by atoms with Gasteiger partial charge in [-0.2, -0.15) is 5.10 Å². The molecule has 3 nitrogen and oxygen atoms in total. The molecule has 2 N–H and O–H groups in total. The second kappa shape index (κ2) is 4.22. The lowest BCUT2D eigenvalue weighted by Gasteiger charge is -2.03. The molecule has 0 aliphatic heterocycles. The van der Waals surface area contributed by atoms with Crippen LogP contribution < -0.4 is 11.2 Å². The predicted octanol–water partition coefficient (Wildman–Crippen LogP) is 0.925. The van der Waals surface area contributed by atoms with Crippen LogP contribution in [0.3, 0.4) is 0 Å². The molecule has 0 fully saturated rings. The van der Waals surface area contributed by atoms with E-state index < -0.39 is 0 Å². The number of rotatable bonds is 2. The van der Waals surface area contributed by atoms with Crippen molar-refractivity contribution in [2.75, 3.05) is 5.73 Å². The Morgan fingerprint density at radius 1 is 1.11 bits per heavy atom. The van der Waals surface area contributed by atoms with Gasteiger partial charge in [0.1, 0.15) is 13.7 Å². The molecule has 18 heavy (non-hydrogen) atoms. The Bertz CT molecular complexity index is 689. The summed E-state index contributed by atoms with van der Waals surface area (Å²) >= 11 is 0. The van der Waals surface area contributed by atoms with Crippen LogP contribution in [0.15, 0.2) is 48.5 Å². The number of hydrogen-bond donors (Lipinski definition) is 1. The fraction of sp³-hybridized carbons (Fsp3) is 0.0714. The molecule has 0 radical (unpaired) electrons. The molecule has 4 heteroatoms. The Hall–Kier alpha value is -2.23. The second-order valence-corrected chi connectivity index (χ2v) is 4.55. The van der Waals surface area contributed by atoms with Crippen LogP contribution in [0.25, 0.3) is 10.9 Å². The van der Waals surface area contributed by atoms with E-state index in [1.165, 1.54) is 11.0 Å². The van der Waals surface area contributed by atoms with E-state index in [4.69, 9.17) is 5.73 Å². The molecule has 1 heterocycles. The Balaban J connectivity index is 2.05. The standard InChI is InChI=1S/C14H14BN3/c15-11-6-7-12-13(8-11)17-18(14(12)16)9-10-4-2-1-3-5-10/h1-8H,9,15-16H2. The molecule has 0 bridgehead atoms. The van der Waals surface area contributed by atoms with Gasteiger partial charge in [-0.1, -0.05) is 41.9 Å². The van der Waals surface area contributed by atoms with Crippen LogP contribution in [0.1, 0.15) is 5.56 Å². The maximum Gasteiger partial charge on any atom is 0.139 e. The molecule has 0 saturated heterocycles. The molecular formula is C14H14BN3. The molecule has 0 aliphatic rings. The lowest BCUT2D eigenvalue weighted by atomic mass is 9.95. The molecule has 0 aliphatic carbocycles. The highest BCUT2D eigenvalue weighted by Gasteiger charge is 2.08. The largest absolute Gasteiger partial charge is 0.383 e. The Kier molecular flexibility index (Phi) is 2.56. The van der Waals surface area contributed by atoms with E-state index in [2.05, 4.69) is 37.2 Å². The highest BCUT2D eigenvalue weighted by Crippen LogP contribution is 2.20. The van der Waals surface area contributed by atoms with E-state index in [1.807, 2.05) is 28.9 Å². The van der Waals surface area contributed by atoms with E-state index >= 15 is 0 Å². The fourth-order valence-corrected chi connectivity index (χ4v) is 2.14. The van der Waals surface area contributed by atoms with Gasteiger partial charge in [0.15, 0.2) is 0 Å². The molecule has 0 unspecified atom stereocenters. The van der Waals surface area contributed by atoms with Crippen molar-refractivity contribution in [3.63, 3.8) is 0 Å². The maximum atomic E-state index is 6.14. The van der Waals surface area contributed by atoms with Crippen molar-refractivity contribution in [2.24, 2.45) is 0 Å². The number of anilines is 1. The summed E-state index contributed by atoms with van der Waals surface area (Å²) in [7, 11) is 2.06. The van der Waals surface area contributed by atoms with Gasteiger partial charge >= 0.3 is 0 Å². The summed E-state index contributed by atoms with van der Waals surface area (Å²) in [4.78, 5) is 0. The van der Waals surface area contributed by atoms with Crippen molar-refractivity contribution in [1.29, 1.82) is 0 Å². The fourth-order valence-electron chi connectivity index (χ4n) is 2.14. The monoisotopic (exact) mass is 235 g/mol. The van der Waals surface area contributed by atoms with Crippen LogP contribution in [0.5, 0.6) is 0 Å². The first-order valence-corrected chi connectivity index (χ1v) is 6.00. The van der Waals surface area contributed by atoms with Crippen molar-refractivity contribution in [3.05, 3.63) is 54.1 Å². The third-order valence-corrected chi connectivity index (χ3v) is 3.11. The molecule has 0 spiro atoms. The van der Waals surface area contributed by atoms with Gasteiger partial charge < -0.3 is 5.73 Å². The normalized spacial score (nSPS) is 10.9. The summed E-state index contributed by atoms with van der Waals surface area (Å²) in [5.41, 5.74) is 9.50. The van der Waals surface area contributed by atoms with E-state index in [1.54, 1.807) is 0 Å². The first-order chi connectivity index (χ1) is 8.74. The molecule has 0 saturated carbocycles. The first kappa shape index (κ1) is 10.9. The molecule has 3 aromatic rings. The van der Waals surface area contributed by atoms with E-state index in [9.17, 15) is 0 Å². The summed E-state index contributed by atoms with van der Waals surface area (Å²) in [5, 5.41) is 5.58. The van der Waals surface area contributed by atoms with Gasteiger partial charge in [-0.25, -0.2) is 4.68 Å². The average Bonchev–Trinajstić information content (AvgIpc) is 2.67. The average molecular weight is 235 g/mol. The third kappa shape index (κ3) is 1.86. The minimum absolute atomic E-state index is 0.709. The van der Waals surface area contributed by atoms with Crippen molar-refractivity contribution in [2.45, 2.75) is 6.54 Å². The summed E-state index contributed by atoms with van der Waals surface area (Å²) < 4.78 is 1.86. The molecule has 2 aromatic carbocycles. The van der Waals surface area contributed by atoms with Crippen molar-refractivity contribution in [3.8, 4) is 0 Å². The quantitative estimate of drug-likeness (QED) is 0.671. The zero-order valence-corrected chi connectivity index (χ0v) is 10.3. The Labute approximate surface area is 107 Å². The molecule has 0 amide bonds. The van der Waals surface area contributed by atoms with Crippen LogP contribution >= 0.6 is 0 Å². The predicted molar refractivity (Wildman–Crippen MR) is 77.9 cm³/mol. The zero-order valence-electron chi connectivity index (χ0n) is 10.3. The van der Waals surface area contributed by atoms with E-state index in [0.717, 1.165) is 16.7 Å². The van der Waals surface area contributed by atoms with Gasteiger partial charge in [0, 0.05) is 5.39 Å².